The normalized spacial score (nSPS) is 28.2. The van der Waals surface area contributed by atoms with E-state index in [0.717, 1.165) is 13.0 Å². The number of hydrogen-bond acceptors (Lipinski definition) is 4. The van der Waals surface area contributed by atoms with Crippen LogP contribution >= 0.6 is 0 Å². The summed E-state index contributed by atoms with van der Waals surface area (Å²) in [7, 11) is 0. The summed E-state index contributed by atoms with van der Waals surface area (Å²) in [5.41, 5.74) is -1.14. The van der Waals surface area contributed by atoms with Crippen LogP contribution in [0.1, 0.15) is 33.6 Å². The number of nitrogens with zero attached hydrogens (tertiary/aromatic N) is 1. The highest BCUT2D eigenvalue weighted by atomic mass is 16.6. The molecule has 2 N–H and O–H groups in total. The molecule has 6 heteroatoms. The lowest BCUT2D eigenvalue weighted by Crippen LogP contribution is -2.57. The fourth-order valence-electron chi connectivity index (χ4n) is 2.49. The van der Waals surface area contributed by atoms with Gasteiger partial charge in [0.15, 0.2) is 0 Å². The Labute approximate surface area is 113 Å². The average Bonchev–Trinajstić information content (AvgIpc) is 2.63. The first-order valence-corrected chi connectivity index (χ1v) is 6.84. The summed E-state index contributed by atoms with van der Waals surface area (Å²) in [5, 5.41) is 6.20. The molecule has 2 saturated heterocycles. The van der Waals surface area contributed by atoms with Gasteiger partial charge in [-0.3, -0.25) is 4.79 Å². The Bertz CT molecular complexity index is 378. The first-order chi connectivity index (χ1) is 8.82. The van der Waals surface area contributed by atoms with Gasteiger partial charge in [0.2, 0.25) is 5.91 Å². The summed E-state index contributed by atoms with van der Waals surface area (Å²) in [6.07, 6.45) is 1.21. The van der Waals surface area contributed by atoms with Gasteiger partial charge < -0.3 is 20.3 Å². The van der Waals surface area contributed by atoms with Gasteiger partial charge in [0.05, 0.1) is 6.54 Å². The molecule has 0 aromatic carbocycles. The monoisotopic (exact) mass is 269 g/mol. The molecule has 0 aromatic rings. The molecule has 1 unspecified atom stereocenters. The minimum atomic E-state index is -0.632. The van der Waals surface area contributed by atoms with Crippen LogP contribution in [-0.2, 0) is 9.53 Å². The van der Waals surface area contributed by atoms with Crippen molar-refractivity contribution in [2.24, 2.45) is 0 Å². The lowest BCUT2D eigenvalue weighted by molar-refractivity contribution is -0.126. The fraction of sp³-hybridized carbons (Fsp3) is 0.846. The van der Waals surface area contributed by atoms with Crippen molar-refractivity contribution in [3.8, 4) is 0 Å². The van der Waals surface area contributed by atoms with Gasteiger partial charge in [-0.2, -0.15) is 0 Å². The van der Waals surface area contributed by atoms with Crippen LogP contribution in [0.5, 0.6) is 0 Å². The van der Waals surface area contributed by atoms with Crippen LogP contribution in [0, 0.1) is 0 Å². The lowest BCUT2D eigenvalue weighted by atomic mass is 9.98. The van der Waals surface area contributed by atoms with E-state index in [0.29, 0.717) is 26.1 Å². The third-order valence-corrected chi connectivity index (χ3v) is 3.46. The summed E-state index contributed by atoms with van der Waals surface area (Å²) in [5.74, 6) is -0.00365. The predicted octanol–water partition coefficient (Wildman–Crippen LogP) is 0.476. The van der Waals surface area contributed by atoms with E-state index in [9.17, 15) is 9.59 Å². The molecule has 1 atom stereocenters. The summed E-state index contributed by atoms with van der Waals surface area (Å²) in [4.78, 5) is 25.8. The van der Waals surface area contributed by atoms with Crippen molar-refractivity contribution in [2.75, 3.05) is 26.2 Å². The van der Waals surface area contributed by atoms with Gasteiger partial charge in [-0.15, -0.1) is 0 Å². The Hall–Kier alpha value is -1.30. The Balaban J connectivity index is 2.02. The second kappa shape index (κ2) is 5.00. The summed E-state index contributed by atoms with van der Waals surface area (Å²) >= 11 is 0. The molecular weight excluding hydrogens is 246 g/mol. The molecule has 2 aliphatic heterocycles. The van der Waals surface area contributed by atoms with Gasteiger partial charge in [0.25, 0.3) is 0 Å². The van der Waals surface area contributed by atoms with Gasteiger partial charge in [-0.25, -0.2) is 4.79 Å². The van der Waals surface area contributed by atoms with Gasteiger partial charge in [0, 0.05) is 13.1 Å². The number of nitrogens with one attached hydrogen (secondary N) is 2. The van der Waals surface area contributed by atoms with E-state index in [1.807, 2.05) is 20.8 Å². The summed E-state index contributed by atoms with van der Waals surface area (Å²) in [6.45, 7) is 7.94. The first kappa shape index (κ1) is 14.1. The molecule has 2 aliphatic rings. The smallest absolute Gasteiger partial charge is 0.410 e. The van der Waals surface area contributed by atoms with Crippen molar-refractivity contribution in [3.63, 3.8) is 0 Å². The van der Waals surface area contributed by atoms with E-state index in [2.05, 4.69) is 10.6 Å². The molecule has 0 aliphatic carbocycles. The zero-order valence-electron chi connectivity index (χ0n) is 11.9. The number of hydrogen-bond donors (Lipinski definition) is 2. The summed E-state index contributed by atoms with van der Waals surface area (Å²) in [6, 6.07) is 0. The molecule has 0 aromatic heterocycles. The maximum Gasteiger partial charge on any atom is 0.410 e. The van der Waals surface area contributed by atoms with Crippen molar-refractivity contribution in [1.82, 2.24) is 15.5 Å². The molecule has 2 amide bonds. The van der Waals surface area contributed by atoms with Crippen LogP contribution in [-0.4, -0.2) is 54.2 Å². The fourth-order valence-corrected chi connectivity index (χ4v) is 2.49. The van der Waals surface area contributed by atoms with E-state index in [4.69, 9.17) is 4.74 Å². The number of rotatable bonds is 0. The van der Waals surface area contributed by atoms with Crippen LogP contribution < -0.4 is 10.6 Å². The number of amides is 2. The van der Waals surface area contributed by atoms with E-state index in [-0.39, 0.29) is 12.0 Å². The van der Waals surface area contributed by atoms with Gasteiger partial charge in [0.1, 0.15) is 11.1 Å². The molecule has 0 bridgehead atoms. The SMILES string of the molecule is CC(C)(C)OC(=O)N1CCC2(C1)NCCCNC2=O. The highest BCUT2D eigenvalue weighted by Gasteiger charge is 2.47. The molecule has 19 heavy (non-hydrogen) atoms. The minimum absolute atomic E-state index is 0.00365. The van der Waals surface area contributed by atoms with E-state index in [1.54, 1.807) is 4.90 Å². The van der Waals surface area contributed by atoms with Crippen molar-refractivity contribution in [2.45, 2.75) is 44.8 Å². The molecule has 0 saturated carbocycles. The lowest BCUT2D eigenvalue weighted by Gasteiger charge is -2.28. The van der Waals surface area contributed by atoms with Crippen molar-refractivity contribution < 1.29 is 14.3 Å². The van der Waals surface area contributed by atoms with Crippen molar-refractivity contribution >= 4 is 12.0 Å². The minimum Gasteiger partial charge on any atom is -0.444 e. The van der Waals surface area contributed by atoms with Crippen LogP contribution in [0.15, 0.2) is 0 Å². The second-order valence-corrected chi connectivity index (χ2v) is 6.27. The molecule has 2 fully saturated rings. The van der Waals surface area contributed by atoms with E-state index in [1.165, 1.54) is 0 Å². The van der Waals surface area contributed by atoms with Crippen molar-refractivity contribution in [1.29, 1.82) is 0 Å². The third-order valence-electron chi connectivity index (χ3n) is 3.46. The van der Waals surface area contributed by atoms with Crippen LogP contribution in [0.4, 0.5) is 4.79 Å². The summed E-state index contributed by atoms with van der Waals surface area (Å²) < 4.78 is 5.35. The Kier molecular flexibility index (Phi) is 3.71. The largest absolute Gasteiger partial charge is 0.444 e. The number of likely N-dealkylation sites (tertiary alicyclic amines) is 1. The number of carbonyl (C=O) groups is 2. The Morgan fingerprint density at radius 1 is 1.37 bits per heavy atom. The van der Waals surface area contributed by atoms with E-state index < -0.39 is 11.1 Å². The quantitative estimate of drug-likeness (QED) is 0.671. The molecule has 6 nitrogen and oxygen atoms in total. The highest BCUT2D eigenvalue weighted by Crippen LogP contribution is 2.24. The van der Waals surface area contributed by atoms with Gasteiger partial charge in [-0.1, -0.05) is 0 Å². The Morgan fingerprint density at radius 2 is 2.11 bits per heavy atom. The molecule has 1 spiro atoms. The molecule has 108 valence electrons. The second-order valence-electron chi connectivity index (χ2n) is 6.27. The molecule has 2 rings (SSSR count). The number of carbonyl (C=O) groups excluding carboxylic acids is 2. The van der Waals surface area contributed by atoms with Crippen LogP contribution in [0.2, 0.25) is 0 Å². The number of ether oxygens (including phenoxy) is 1. The molecule has 0 radical (unpaired) electrons. The van der Waals surface area contributed by atoms with Crippen LogP contribution in [0.3, 0.4) is 0 Å². The topological polar surface area (TPSA) is 70.7 Å². The molecule has 2 heterocycles. The maximum absolute atomic E-state index is 12.1. The standard InChI is InChI=1S/C13H23N3O3/c1-12(2,3)19-11(18)16-8-5-13(9-16)10(17)14-6-4-7-15-13/h15H,4-9H2,1-3H3,(H,14,17). The van der Waals surface area contributed by atoms with Gasteiger partial charge in [-0.05, 0) is 40.2 Å². The average molecular weight is 269 g/mol. The third kappa shape index (κ3) is 3.18. The predicted molar refractivity (Wildman–Crippen MR) is 70.8 cm³/mol. The maximum atomic E-state index is 12.1. The van der Waals surface area contributed by atoms with Gasteiger partial charge >= 0.3 is 6.09 Å². The highest BCUT2D eigenvalue weighted by molar-refractivity contribution is 5.88. The van der Waals surface area contributed by atoms with Crippen molar-refractivity contribution in [3.05, 3.63) is 0 Å². The Morgan fingerprint density at radius 3 is 2.79 bits per heavy atom. The zero-order chi connectivity index (χ0) is 14.1. The zero-order valence-corrected chi connectivity index (χ0v) is 11.9. The molecular formula is C13H23N3O3. The first-order valence-electron chi connectivity index (χ1n) is 6.84. The van der Waals surface area contributed by atoms with Crippen LogP contribution in [0.25, 0.3) is 0 Å². The van der Waals surface area contributed by atoms with E-state index >= 15 is 0 Å².